The number of aromatic nitrogens is 2. The Morgan fingerprint density at radius 1 is 1.00 bits per heavy atom. The molecule has 24 heavy (non-hydrogen) atoms. The fourth-order valence-electron chi connectivity index (χ4n) is 2.29. The monoisotopic (exact) mass is 321 g/mol. The molecule has 1 amide bonds. The average molecular weight is 321 g/mol. The molecule has 5 heteroatoms. The highest BCUT2D eigenvalue weighted by Gasteiger charge is 2.05. The van der Waals surface area contributed by atoms with Crippen LogP contribution in [0.3, 0.4) is 0 Å². The maximum absolute atomic E-state index is 11.8. The first kappa shape index (κ1) is 15.8. The van der Waals surface area contributed by atoms with Gasteiger partial charge < -0.3 is 10.1 Å². The van der Waals surface area contributed by atoms with Crippen LogP contribution in [0.4, 0.5) is 0 Å². The van der Waals surface area contributed by atoms with Gasteiger partial charge in [0.2, 0.25) is 5.88 Å². The van der Waals surface area contributed by atoms with Crippen LogP contribution in [0, 0.1) is 0 Å². The molecule has 0 spiro atoms. The molecule has 3 aromatic rings. The SMILES string of the molecule is O=C(COc1ccn(-c2ccccc2)n1)NCCc1ccccc1. The van der Waals surface area contributed by atoms with Crippen molar-refractivity contribution in [3.8, 4) is 11.6 Å². The van der Waals surface area contributed by atoms with Gasteiger partial charge in [0, 0.05) is 18.8 Å². The molecule has 0 unspecified atom stereocenters. The summed E-state index contributed by atoms with van der Waals surface area (Å²) in [5.41, 5.74) is 2.14. The third-order valence-corrected chi connectivity index (χ3v) is 3.52. The zero-order chi connectivity index (χ0) is 16.6. The molecule has 0 saturated carbocycles. The van der Waals surface area contributed by atoms with Crippen molar-refractivity contribution in [3.05, 3.63) is 78.5 Å². The largest absolute Gasteiger partial charge is 0.466 e. The maximum Gasteiger partial charge on any atom is 0.258 e. The van der Waals surface area contributed by atoms with E-state index in [1.54, 1.807) is 16.9 Å². The highest BCUT2D eigenvalue weighted by atomic mass is 16.5. The lowest BCUT2D eigenvalue weighted by Crippen LogP contribution is -2.30. The first-order valence-electron chi connectivity index (χ1n) is 7.86. The van der Waals surface area contributed by atoms with Crippen LogP contribution >= 0.6 is 0 Å². The van der Waals surface area contributed by atoms with Crippen LogP contribution in [0.5, 0.6) is 5.88 Å². The molecule has 0 bridgehead atoms. The van der Waals surface area contributed by atoms with E-state index in [1.165, 1.54) is 5.56 Å². The Kier molecular flexibility index (Phi) is 5.24. The standard InChI is InChI=1S/C19H19N3O2/c23-18(20-13-11-16-7-3-1-4-8-16)15-24-19-12-14-22(21-19)17-9-5-2-6-10-17/h1-10,12,14H,11,13,15H2,(H,20,23). The number of nitrogens with zero attached hydrogens (tertiary/aromatic N) is 2. The summed E-state index contributed by atoms with van der Waals surface area (Å²) in [4.78, 5) is 11.8. The minimum atomic E-state index is -0.153. The van der Waals surface area contributed by atoms with Crippen molar-refractivity contribution in [1.82, 2.24) is 15.1 Å². The Labute approximate surface area is 140 Å². The molecule has 0 aliphatic heterocycles. The van der Waals surface area contributed by atoms with Crippen LogP contribution in [0.15, 0.2) is 72.9 Å². The summed E-state index contributed by atoms with van der Waals surface area (Å²) >= 11 is 0. The summed E-state index contributed by atoms with van der Waals surface area (Å²) < 4.78 is 7.14. The van der Waals surface area contributed by atoms with E-state index in [2.05, 4.69) is 10.4 Å². The van der Waals surface area contributed by atoms with E-state index in [4.69, 9.17) is 4.74 Å². The van der Waals surface area contributed by atoms with Crippen molar-refractivity contribution >= 4 is 5.91 Å². The van der Waals surface area contributed by atoms with Gasteiger partial charge in [0.15, 0.2) is 6.61 Å². The van der Waals surface area contributed by atoms with Crippen LogP contribution < -0.4 is 10.1 Å². The molecule has 5 nitrogen and oxygen atoms in total. The van der Waals surface area contributed by atoms with E-state index in [0.717, 1.165) is 12.1 Å². The fourth-order valence-corrected chi connectivity index (χ4v) is 2.29. The van der Waals surface area contributed by atoms with Crippen LogP contribution in [0.2, 0.25) is 0 Å². The summed E-state index contributed by atoms with van der Waals surface area (Å²) in [7, 11) is 0. The van der Waals surface area contributed by atoms with Crippen LogP contribution in [0.1, 0.15) is 5.56 Å². The number of amides is 1. The number of nitrogens with one attached hydrogen (secondary N) is 1. The number of carbonyl (C=O) groups is 1. The van der Waals surface area contributed by atoms with Gasteiger partial charge in [-0.15, -0.1) is 5.10 Å². The average Bonchev–Trinajstić information content (AvgIpc) is 3.11. The second-order valence-corrected chi connectivity index (χ2v) is 5.31. The molecular formula is C19H19N3O2. The zero-order valence-electron chi connectivity index (χ0n) is 13.3. The van der Waals surface area contributed by atoms with Crippen LogP contribution in [-0.4, -0.2) is 28.8 Å². The number of hydrogen-bond donors (Lipinski definition) is 1. The first-order chi connectivity index (χ1) is 11.8. The van der Waals surface area contributed by atoms with Crippen molar-refractivity contribution in [2.24, 2.45) is 0 Å². The molecule has 122 valence electrons. The number of ether oxygens (including phenoxy) is 1. The Bertz CT molecular complexity index is 770. The Balaban J connectivity index is 1.42. The summed E-state index contributed by atoms with van der Waals surface area (Å²) in [6, 6.07) is 21.5. The van der Waals surface area contributed by atoms with Gasteiger partial charge in [-0.2, -0.15) is 0 Å². The quantitative estimate of drug-likeness (QED) is 0.728. The van der Waals surface area contributed by atoms with Gasteiger partial charge in [-0.25, -0.2) is 4.68 Å². The third kappa shape index (κ3) is 4.46. The summed E-state index contributed by atoms with van der Waals surface area (Å²) in [6.07, 6.45) is 2.60. The molecule has 0 aliphatic rings. The number of hydrogen-bond acceptors (Lipinski definition) is 3. The molecule has 0 fully saturated rings. The van der Waals surface area contributed by atoms with E-state index >= 15 is 0 Å². The van der Waals surface area contributed by atoms with Crippen molar-refractivity contribution in [2.75, 3.05) is 13.2 Å². The normalized spacial score (nSPS) is 10.3. The van der Waals surface area contributed by atoms with Gasteiger partial charge >= 0.3 is 0 Å². The van der Waals surface area contributed by atoms with Crippen molar-refractivity contribution in [1.29, 1.82) is 0 Å². The molecule has 3 rings (SSSR count). The van der Waals surface area contributed by atoms with Crippen LogP contribution in [-0.2, 0) is 11.2 Å². The smallest absolute Gasteiger partial charge is 0.258 e. The second-order valence-electron chi connectivity index (χ2n) is 5.31. The van der Waals surface area contributed by atoms with E-state index in [1.807, 2.05) is 60.7 Å². The Morgan fingerprint density at radius 3 is 2.46 bits per heavy atom. The van der Waals surface area contributed by atoms with Gasteiger partial charge in [0.25, 0.3) is 5.91 Å². The number of benzene rings is 2. The number of para-hydroxylation sites is 1. The van der Waals surface area contributed by atoms with Crippen molar-refractivity contribution < 1.29 is 9.53 Å². The highest BCUT2D eigenvalue weighted by Crippen LogP contribution is 2.11. The molecule has 0 saturated heterocycles. The van der Waals surface area contributed by atoms with Gasteiger partial charge in [0.05, 0.1) is 5.69 Å². The number of carbonyl (C=O) groups excluding carboxylic acids is 1. The lowest BCUT2D eigenvalue weighted by molar-refractivity contribution is -0.123. The van der Waals surface area contributed by atoms with E-state index in [-0.39, 0.29) is 12.5 Å². The third-order valence-electron chi connectivity index (χ3n) is 3.52. The lowest BCUT2D eigenvalue weighted by atomic mass is 10.1. The number of rotatable bonds is 7. The molecule has 0 atom stereocenters. The predicted molar refractivity (Wildman–Crippen MR) is 92.2 cm³/mol. The molecule has 0 radical (unpaired) electrons. The summed E-state index contributed by atoms with van der Waals surface area (Å²) in [5.74, 6) is 0.275. The van der Waals surface area contributed by atoms with E-state index < -0.39 is 0 Å². The second kappa shape index (κ2) is 7.97. The van der Waals surface area contributed by atoms with Gasteiger partial charge in [0.1, 0.15) is 0 Å². The minimum Gasteiger partial charge on any atom is -0.466 e. The van der Waals surface area contributed by atoms with E-state index in [0.29, 0.717) is 12.4 Å². The van der Waals surface area contributed by atoms with E-state index in [9.17, 15) is 4.79 Å². The summed E-state index contributed by atoms with van der Waals surface area (Å²) in [6.45, 7) is 0.547. The molecule has 1 N–H and O–H groups in total. The van der Waals surface area contributed by atoms with Crippen molar-refractivity contribution in [3.63, 3.8) is 0 Å². The lowest BCUT2D eigenvalue weighted by Gasteiger charge is -2.06. The molecule has 1 heterocycles. The zero-order valence-corrected chi connectivity index (χ0v) is 13.3. The molecule has 0 aliphatic carbocycles. The Morgan fingerprint density at radius 2 is 1.71 bits per heavy atom. The van der Waals surface area contributed by atoms with Crippen molar-refractivity contribution in [2.45, 2.75) is 6.42 Å². The van der Waals surface area contributed by atoms with Gasteiger partial charge in [-0.3, -0.25) is 4.79 Å². The topological polar surface area (TPSA) is 56.2 Å². The Hall–Kier alpha value is -3.08. The van der Waals surface area contributed by atoms with Gasteiger partial charge in [-0.05, 0) is 24.1 Å². The van der Waals surface area contributed by atoms with Crippen LogP contribution in [0.25, 0.3) is 5.69 Å². The summed E-state index contributed by atoms with van der Waals surface area (Å²) in [5, 5.41) is 7.14. The molecule has 1 aromatic heterocycles. The first-order valence-corrected chi connectivity index (χ1v) is 7.86. The molecule has 2 aromatic carbocycles. The molecular weight excluding hydrogens is 302 g/mol. The fraction of sp³-hybridized carbons (Fsp3) is 0.158. The minimum absolute atomic E-state index is 0.0411. The highest BCUT2D eigenvalue weighted by molar-refractivity contribution is 5.77. The van der Waals surface area contributed by atoms with Gasteiger partial charge in [-0.1, -0.05) is 48.5 Å². The maximum atomic E-state index is 11.8. The predicted octanol–water partition coefficient (Wildman–Crippen LogP) is 2.61.